The zero-order chi connectivity index (χ0) is 15.8. The van der Waals surface area contributed by atoms with Gasteiger partial charge in [0.1, 0.15) is 10.6 Å². The van der Waals surface area contributed by atoms with Crippen molar-refractivity contribution in [1.82, 2.24) is 9.78 Å². The lowest BCUT2D eigenvalue weighted by molar-refractivity contribution is 0.102. The molecule has 0 aliphatic rings. The lowest BCUT2D eigenvalue weighted by atomic mass is 10.2. The van der Waals surface area contributed by atoms with Gasteiger partial charge in [-0.1, -0.05) is 0 Å². The first-order chi connectivity index (χ1) is 9.68. The molecule has 8 nitrogen and oxygen atoms in total. The molecule has 1 heterocycles. The number of nitrogens with two attached hydrogens (primary N) is 1. The maximum atomic E-state index is 12.1. The number of phenols is 1. The summed E-state index contributed by atoms with van der Waals surface area (Å²) in [4.78, 5) is 11.8. The van der Waals surface area contributed by atoms with Gasteiger partial charge in [-0.05, 0) is 40.8 Å². The first kappa shape index (κ1) is 15.7. The molecule has 1 aromatic carbocycles. The van der Waals surface area contributed by atoms with Gasteiger partial charge in [0.2, 0.25) is 10.0 Å². The zero-order valence-corrected chi connectivity index (χ0v) is 13.7. The van der Waals surface area contributed by atoms with Crippen molar-refractivity contribution in [2.24, 2.45) is 12.2 Å². The third-order valence-corrected chi connectivity index (χ3v) is 4.12. The average molecular weight is 422 g/mol. The Morgan fingerprint density at radius 3 is 2.76 bits per heavy atom. The number of carbonyl (C=O) groups excluding carboxylic acids is 1. The van der Waals surface area contributed by atoms with Crippen molar-refractivity contribution in [1.29, 1.82) is 0 Å². The summed E-state index contributed by atoms with van der Waals surface area (Å²) < 4.78 is 24.8. The first-order valence-corrected chi connectivity index (χ1v) is 8.17. The number of hydrogen-bond acceptors (Lipinski definition) is 5. The molecule has 0 saturated heterocycles. The van der Waals surface area contributed by atoms with Crippen molar-refractivity contribution in [3.05, 3.63) is 33.5 Å². The molecule has 0 radical (unpaired) electrons. The number of nitrogens with zero attached hydrogens (tertiary/aromatic N) is 2. The number of halogens is 1. The van der Waals surface area contributed by atoms with Gasteiger partial charge in [0.15, 0.2) is 5.82 Å². The van der Waals surface area contributed by atoms with Gasteiger partial charge >= 0.3 is 0 Å². The molecule has 0 atom stereocenters. The number of aryl methyl sites for hydroxylation is 1. The van der Waals surface area contributed by atoms with Crippen molar-refractivity contribution in [3.63, 3.8) is 0 Å². The molecule has 21 heavy (non-hydrogen) atoms. The summed E-state index contributed by atoms with van der Waals surface area (Å²) in [6.07, 6.45) is 1.18. The highest BCUT2D eigenvalue weighted by Gasteiger charge is 2.21. The summed E-state index contributed by atoms with van der Waals surface area (Å²) >= 11 is 1.98. The Balaban J connectivity index is 2.39. The van der Waals surface area contributed by atoms with Crippen LogP contribution in [0.1, 0.15) is 10.4 Å². The maximum Gasteiger partial charge on any atom is 0.260 e. The molecule has 10 heteroatoms. The summed E-state index contributed by atoms with van der Waals surface area (Å²) in [6.45, 7) is 0. The van der Waals surface area contributed by atoms with E-state index in [9.17, 15) is 18.3 Å². The second kappa shape index (κ2) is 5.61. The summed E-state index contributed by atoms with van der Waals surface area (Å²) in [7, 11) is -2.53. The number of rotatable bonds is 3. The van der Waals surface area contributed by atoms with Crippen LogP contribution in [0.15, 0.2) is 29.3 Å². The van der Waals surface area contributed by atoms with Crippen LogP contribution in [0.5, 0.6) is 5.75 Å². The SMILES string of the molecule is Cn1cc(S(N)(=O)=O)c(NC(=O)c2cc(I)ccc2O)n1. The minimum Gasteiger partial charge on any atom is -0.507 e. The summed E-state index contributed by atoms with van der Waals surface area (Å²) in [5, 5.41) is 20.9. The predicted molar refractivity (Wildman–Crippen MR) is 83.4 cm³/mol. The monoisotopic (exact) mass is 422 g/mol. The number of aromatic nitrogens is 2. The van der Waals surface area contributed by atoms with Crippen LogP contribution in [0.25, 0.3) is 0 Å². The smallest absolute Gasteiger partial charge is 0.260 e. The van der Waals surface area contributed by atoms with E-state index in [1.54, 1.807) is 6.07 Å². The average Bonchev–Trinajstić information content (AvgIpc) is 2.73. The lowest BCUT2D eigenvalue weighted by Gasteiger charge is -2.06. The number of aromatic hydroxyl groups is 1. The van der Waals surface area contributed by atoms with Crippen molar-refractivity contribution in [2.45, 2.75) is 4.90 Å². The molecule has 0 spiro atoms. The van der Waals surface area contributed by atoms with Crippen molar-refractivity contribution in [3.8, 4) is 5.75 Å². The largest absolute Gasteiger partial charge is 0.507 e. The van der Waals surface area contributed by atoms with E-state index in [0.717, 1.165) is 3.57 Å². The molecular formula is C11H11IN4O4S. The number of primary sulfonamides is 1. The standard InChI is InChI=1S/C11H11IN4O4S/c1-16-5-9(21(13,19)20)10(15-16)14-11(18)7-4-6(12)2-3-8(7)17/h2-5,17H,1H3,(H2,13,19,20)(H,14,15,18). The van der Waals surface area contributed by atoms with Gasteiger partial charge in [-0.3, -0.25) is 9.48 Å². The van der Waals surface area contributed by atoms with Gasteiger partial charge in [0.05, 0.1) is 5.56 Å². The van der Waals surface area contributed by atoms with Crippen LogP contribution >= 0.6 is 22.6 Å². The molecule has 4 N–H and O–H groups in total. The summed E-state index contributed by atoms with van der Waals surface area (Å²) in [5.41, 5.74) is 0.00734. The minimum atomic E-state index is -4.02. The molecule has 0 aliphatic heterocycles. The molecule has 0 aliphatic carbocycles. The fourth-order valence-electron chi connectivity index (χ4n) is 1.63. The van der Waals surface area contributed by atoms with Crippen LogP contribution in [0.3, 0.4) is 0 Å². The number of sulfonamides is 1. The minimum absolute atomic E-state index is 0.00734. The molecule has 1 amide bonds. The number of amides is 1. The highest BCUT2D eigenvalue weighted by molar-refractivity contribution is 14.1. The maximum absolute atomic E-state index is 12.1. The van der Waals surface area contributed by atoms with E-state index in [2.05, 4.69) is 10.4 Å². The molecule has 0 bridgehead atoms. The summed E-state index contributed by atoms with van der Waals surface area (Å²) in [5.74, 6) is -1.10. The number of phenolic OH excluding ortho intramolecular Hbond substituents is 1. The quantitative estimate of drug-likeness (QED) is 0.626. The molecule has 112 valence electrons. The Kier molecular flexibility index (Phi) is 4.20. The third kappa shape index (κ3) is 3.51. The van der Waals surface area contributed by atoms with E-state index in [1.165, 1.54) is 30.1 Å². The number of hydrogen-bond donors (Lipinski definition) is 3. The molecule has 1 aromatic heterocycles. The van der Waals surface area contributed by atoms with E-state index < -0.39 is 15.9 Å². The van der Waals surface area contributed by atoms with Gasteiger partial charge in [-0.2, -0.15) is 5.10 Å². The fourth-order valence-corrected chi connectivity index (χ4v) is 2.78. The Labute approximate surface area is 134 Å². The van der Waals surface area contributed by atoms with Gasteiger partial charge in [0, 0.05) is 16.8 Å². The molecule has 0 unspecified atom stereocenters. The Bertz CT molecular complexity index is 816. The molecular weight excluding hydrogens is 411 g/mol. The van der Waals surface area contributed by atoms with Crippen LogP contribution < -0.4 is 10.5 Å². The number of benzene rings is 1. The molecule has 2 aromatic rings. The molecule has 0 saturated carbocycles. The van der Waals surface area contributed by atoms with E-state index >= 15 is 0 Å². The number of carbonyl (C=O) groups is 1. The van der Waals surface area contributed by atoms with Gasteiger partial charge in [0.25, 0.3) is 5.91 Å². The van der Waals surface area contributed by atoms with E-state index in [0.29, 0.717) is 0 Å². The van der Waals surface area contributed by atoms with E-state index in [-0.39, 0.29) is 22.0 Å². The number of anilines is 1. The fraction of sp³-hybridized carbons (Fsp3) is 0.0909. The Hall–Kier alpha value is -1.66. The van der Waals surface area contributed by atoms with E-state index in [1.807, 2.05) is 22.6 Å². The van der Waals surface area contributed by atoms with Crippen molar-refractivity contribution < 1.29 is 18.3 Å². The Morgan fingerprint density at radius 1 is 1.48 bits per heavy atom. The van der Waals surface area contributed by atoms with Crippen LogP contribution in [0.2, 0.25) is 0 Å². The Morgan fingerprint density at radius 2 is 2.14 bits per heavy atom. The highest BCUT2D eigenvalue weighted by atomic mass is 127. The van der Waals surface area contributed by atoms with Gasteiger partial charge in [-0.25, -0.2) is 13.6 Å². The second-order valence-corrected chi connectivity index (χ2v) is 6.95. The molecule has 2 rings (SSSR count). The first-order valence-electron chi connectivity index (χ1n) is 5.55. The topological polar surface area (TPSA) is 127 Å². The zero-order valence-electron chi connectivity index (χ0n) is 10.7. The van der Waals surface area contributed by atoms with Crippen LogP contribution in [0, 0.1) is 3.57 Å². The molecule has 0 fully saturated rings. The van der Waals surface area contributed by atoms with Crippen LogP contribution in [0.4, 0.5) is 5.82 Å². The lowest BCUT2D eigenvalue weighted by Crippen LogP contribution is -2.18. The number of nitrogens with one attached hydrogen (secondary N) is 1. The summed E-state index contributed by atoms with van der Waals surface area (Å²) in [6, 6.07) is 4.46. The third-order valence-electron chi connectivity index (χ3n) is 2.54. The van der Waals surface area contributed by atoms with Crippen LogP contribution in [-0.2, 0) is 17.1 Å². The van der Waals surface area contributed by atoms with Crippen LogP contribution in [-0.4, -0.2) is 29.2 Å². The van der Waals surface area contributed by atoms with Crippen molar-refractivity contribution >= 4 is 44.3 Å². The second-order valence-electron chi connectivity index (χ2n) is 4.18. The van der Waals surface area contributed by atoms with Gasteiger partial charge in [-0.15, -0.1) is 0 Å². The van der Waals surface area contributed by atoms with Gasteiger partial charge < -0.3 is 10.4 Å². The normalized spacial score (nSPS) is 11.4. The highest BCUT2D eigenvalue weighted by Crippen LogP contribution is 2.23. The van der Waals surface area contributed by atoms with Crippen molar-refractivity contribution in [2.75, 3.05) is 5.32 Å². The van der Waals surface area contributed by atoms with E-state index in [4.69, 9.17) is 5.14 Å². The predicted octanol–water partition coefficient (Wildman–Crippen LogP) is 0.630.